The molecule has 1 aromatic heterocycles. The van der Waals surface area contributed by atoms with Gasteiger partial charge in [-0.2, -0.15) is 10.2 Å². The summed E-state index contributed by atoms with van der Waals surface area (Å²) in [4.78, 5) is 10.3. The highest BCUT2D eigenvalue weighted by molar-refractivity contribution is 5.80. The van der Waals surface area contributed by atoms with Crippen LogP contribution in [-0.2, 0) is 0 Å². The average Bonchev–Trinajstić information content (AvgIpc) is 3.36. The number of hydrogen-bond donors (Lipinski definition) is 1. The Balaban J connectivity index is 1.39. The summed E-state index contributed by atoms with van der Waals surface area (Å²) in [7, 11) is 0. The number of anilines is 1. The lowest BCUT2D eigenvalue weighted by molar-refractivity contribution is -0.384. The van der Waals surface area contributed by atoms with Crippen LogP contribution in [0.1, 0.15) is 5.56 Å². The molecule has 170 valence electrons. The standard InChI is InChI=1S/C28H21N5O2/c34-33(35)26-17-13-24(14-18-26)30-29-20-21-11-15-25(16-12-21)32-28(23-9-5-2-6-10-23)19-27(31-32)22-7-3-1-4-8-22/h1-20,30H. The molecule has 0 aliphatic carbocycles. The summed E-state index contributed by atoms with van der Waals surface area (Å²) in [5.74, 6) is 0. The van der Waals surface area contributed by atoms with Crippen LogP contribution >= 0.6 is 0 Å². The maximum atomic E-state index is 10.8. The molecule has 1 heterocycles. The van der Waals surface area contributed by atoms with E-state index < -0.39 is 4.92 Å². The first-order valence-corrected chi connectivity index (χ1v) is 11.0. The summed E-state index contributed by atoms with van der Waals surface area (Å²) in [6.07, 6.45) is 1.70. The van der Waals surface area contributed by atoms with Gasteiger partial charge in [0, 0.05) is 23.3 Å². The predicted molar refractivity (Wildman–Crippen MR) is 139 cm³/mol. The molecule has 0 amide bonds. The maximum Gasteiger partial charge on any atom is 0.269 e. The molecule has 0 fully saturated rings. The van der Waals surface area contributed by atoms with E-state index in [-0.39, 0.29) is 5.69 Å². The highest BCUT2D eigenvalue weighted by Crippen LogP contribution is 2.28. The molecule has 5 rings (SSSR count). The Kier molecular flexibility index (Phi) is 6.13. The fraction of sp³-hybridized carbons (Fsp3) is 0. The van der Waals surface area contributed by atoms with Gasteiger partial charge in [-0.1, -0.05) is 72.8 Å². The number of aromatic nitrogens is 2. The molecule has 7 heteroatoms. The molecule has 35 heavy (non-hydrogen) atoms. The second kappa shape index (κ2) is 9.84. The van der Waals surface area contributed by atoms with Crippen molar-refractivity contribution in [1.82, 2.24) is 9.78 Å². The number of nitrogens with zero attached hydrogens (tertiary/aromatic N) is 4. The van der Waals surface area contributed by atoms with Crippen molar-refractivity contribution < 1.29 is 4.92 Å². The van der Waals surface area contributed by atoms with Crippen LogP contribution in [0.2, 0.25) is 0 Å². The van der Waals surface area contributed by atoms with Gasteiger partial charge in [0.2, 0.25) is 0 Å². The van der Waals surface area contributed by atoms with Crippen molar-refractivity contribution >= 4 is 17.6 Å². The highest BCUT2D eigenvalue weighted by atomic mass is 16.6. The number of nitrogens with one attached hydrogen (secondary N) is 1. The quantitative estimate of drug-likeness (QED) is 0.170. The number of hydrogen-bond acceptors (Lipinski definition) is 5. The van der Waals surface area contributed by atoms with Crippen molar-refractivity contribution in [1.29, 1.82) is 0 Å². The summed E-state index contributed by atoms with van der Waals surface area (Å²) >= 11 is 0. The number of nitro benzene ring substituents is 1. The van der Waals surface area contributed by atoms with E-state index >= 15 is 0 Å². The minimum atomic E-state index is -0.430. The van der Waals surface area contributed by atoms with Gasteiger partial charge in [-0.05, 0) is 35.9 Å². The summed E-state index contributed by atoms with van der Waals surface area (Å²) in [6, 6.07) is 36.5. The Morgan fingerprint density at radius 2 is 1.43 bits per heavy atom. The van der Waals surface area contributed by atoms with Crippen LogP contribution in [0, 0.1) is 10.1 Å². The first-order chi connectivity index (χ1) is 17.2. The molecular weight excluding hydrogens is 438 g/mol. The molecule has 0 bridgehead atoms. The van der Waals surface area contributed by atoms with Crippen LogP contribution in [0.25, 0.3) is 28.2 Å². The van der Waals surface area contributed by atoms with Crippen molar-refractivity contribution in [3.8, 4) is 28.2 Å². The lowest BCUT2D eigenvalue weighted by Crippen LogP contribution is -1.99. The van der Waals surface area contributed by atoms with E-state index in [0.29, 0.717) is 5.69 Å². The predicted octanol–water partition coefficient (Wildman–Crippen LogP) is 6.56. The summed E-state index contributed by atoms with van der Waals surface area (Å²) in [5, 5.41) is 19.9. The topological polar surface area (TPSA) is 85.4 Å². The van der Waals surface area contributed by atoms with Gasteiger partial charge in [-0.15, -0.1) is 0 Å². The third-order valence-electron chi connectivity index (χ3n) is 5.47. The van der Waals surface area contributed by atoms with Gasteiger partial charge >= 0.3 is 0 Å². The minimum absolute atomic E-state index is 0.0408. The van der Waals surface area contributed by atoms with Crippen LogP contribution in [0.3, 0.4) is 0 Å². The van der Waals surface area contributed by atoms with Crippen molar-refractivity contribution in [3.63, 3.8) is 0 Å². The lowest BCUT2D eigenvalue weighted by Gasteiger charge is -2.08. The highest BCUT2D eigenvalue weighted by Gasteiger charge is 2.13. The third kappa shape index (κ3) is 4.99. The Bertz CT molecular complexity index is 1460. The van der Waals surface area contributed by atoms with Crippen LogP contribution in [0.15, 0.2) is 120 Å². The SMILES string of the molecule is O=[N+]([O-])c1ccc(NN=Cc2ccc(-n3nc(-c4ccccc4)cc3-c3ccccc3)cc2)cc1. The number of nitro groups is 1. The zero-order chi connectivity index (χ0) is 24.0. The van der Waals surface area contributed by atoms with E-state index in [1.54, 1.807) is 18.3 Å². The van der Waals surface area contributed by atoms with E-state index in [9.17, 15) is 10.1 Å². The second-order valence-electron chi connectivity index (χ2n) is 7.82. The molecule has 4 aromatic carbocycles. The number of benzene rings is 4. The van der Waals surface area contributed by atoms with E-state index in [1.807, 2.05) is 65.3 Å². The molecule has 0 unspecified atom stereocenters. The fourth-order valence-corrected chi connectivity index (χ4v) is 3.68. The van der Waals surface area contributed by atoms with Crippen molar-refractivity contribution in [2.75, 3.05) is 5.43 Å². The van der Waals surface area contributed by atoms with Crippen molar-refractivity contribution in [3.05, 3.63) is 131 Å². The molecule has 0 aliphatic rings. The van der Waals surface area contributed by atoms with Crippen LogP contribution in [0.4, 0.5) is 11.4 Å². The Morgan fingerprint density at radius 3 is 2.06 bits per heavy atom. The molecule has 7 nitrogen and oxygen atoms in total. The van der Waals surface area contributed by atoms with Gasteiger partial charge in [0.05, 0.1) is 33.9 Å². The summed E-state index contributed by atoms with van der Waals surface area (Å²) in [5.41, 5.74) is 9.49. The fourth-order valence-electron chi connectivity index (χ4n) is 3.68. The molecule has 0 radical (unpaired) electrons. The smallest absolute Gasteiger partial charge is 0.269 e. The largest absolute Gasteiger partial charge is 0.278 e. The molecule has 0 saturated heterocycles. The lowest BCUT2D eigenvalue weighted by atomic mass is 10.1. The minimum Gasteiger partial charge on any atom is -0.278 e. The zero-order valence-electron chi connectivity index (χ0n) is 18.7. The van der Waals surface area contributed by atoms with Crippen LogP contribution in [0.5, 0.6) is 0 Å². The first kappa shape index (κ1) is 21.8. The van der Waals surface area contributed by atoms with Gasteiger partial charge in [-0.25, -0.2) is 4.68 Å². The Labute approximate surface area is 202 Å². The Morgan fingerprint density at radius 1 is 0.800 bits per heavy atom. The molecule has 0 atom stereocenters. The molecule has 0 aliphatic heterocycles. The van der Waals surface area contributed by atoms with Crippen molar-refractivity contribution in [2.45, 2.75) is 0 Å². The first-order valence-electron chi connectivity index (χ1n) is 11.0. The van der Waals surface area contributed by atoms with Crippen LogP contribution in [-0.4, -0.2) is 20.9 Å². The van der Waals surface area contributed by atoms with E-state index in [1.165, 1.54) is 12.1 Å². The average molecular weight is 460 g/mol. The number of hydrazone groups is 1. The second-order valence-corrected chi connectivity index (χ2v) is 7.82. The molecular formula is C28H21N5O2. The van der Waals surface area contributed by atoms with Gasteiger partial charge in [0.15, 0.2) is 0 Å². The van der Waals surface area contributed by atoms with Gasteiger partial charge in [0.1, 0.15) is 0 Å². The monoisotopic (exact) mass is 459 g/mol. The van der Waals surface area contributed by atoms with E-state index in [0.717, 1.165) is 33.8 Å². The van der Waals surface area contributed by atoms with Crippen molar-refractivity contribution in [2.24, 2.45) is 5.10 Å². The molecule has 0 saturated carbocycles. The number of non-ortho nitro benzene ring substituents is 1. The van der Waals surface area contributed by atoms with E-state index in [2.05, 4.69) is 40.9 Å². The maximum absolute atomic E-state index is 10.8. The Hall–Kier alpha value is -5.04. The van der Waals surface area contributed by atoms with Crippen LogP contribution < -0.4 is 5.43 Å². The van der Waals surface area contributed by atoms with Gasteiger partial charge in [0.25, 0.3) is 5.69 Å². The third-order valence-corrected chi connectivity index (χ3v) is 5.47. The summed E-state index contributed by atoms with van der Waals surface area (Å²) < 4.78 is 1.95. The normalized spacial score (nSPS) is 11.0. The zero-order valence-corrected chi connectivity index (χ0v) is 18.7. The molecule has 0 spiro atoms. The van der Waals surface area contributed by atoms with Gasteiger partial charge < -0.3 is 0 Å². The van der Waals surface area contributed by atoms with E-state index in [4.69, 9.17) is 5.10 Å². The summed E-state index contributed by atoms with van der Waals surface area (Å²) in [6.45, 7) is 0. The molecule has 5 aromatic rings. The van der Waals surface area contributed by atoms with Gasteiger partial charge in [-0.3, -0.25) is 15.5 Å². The number of rotatable bonds is 7. The molecule has 1 N–H and O–H groups in total.